The highest BCUT2D eigenvalue weighted by Gasteiger charge is 2.10. The van der Waals surface area contributed by atoms with Gasteiger partial charge in [-0.15, -0.1) is 0 Å². The molecule has 100 valence electrons. The van der Waals surface area contributed by atoms with Crippen LogP contribution in [0.5, 0.6) is 5.75 Å². The molecule has 0 fully saturated rings. The summed E-state index contributed by atoms with van der Waals surface area (Å²) in [7, 11) is 3.50. The van der Waals surface area contributed by atoms with Crippen molar-refractivity contribution in [1.29, 1.82) is 0 Å². The maximum Gasteiger partial charge on any atom is 0.260 e. The summed E-state index contributed by atoms with van der Waals surface area (Å²) < 4.78 is 18.0. The molecule has 1 rings (SSSR count). The molecule has 1 N–H and O–H groups in total. The van der Waals surface area contributed by atoms with E-state index in [0.29, 0.717) is 18.8 Å². The first kappa shape index (κ1) is 14.7. The Bertz CT molecular complexity index is 415. The van der Waals surface area contributed by atoms with Crippen LogP contribution in [0.4, 0.5) is 4.39 Å². The largest absolute Gasteiger partial charge is 0.482 e. The monoisotopic (exact) mass is 274 g/mol. The van der Waals surface area contributed by atoms with Crippen molar-refractivity contribution in [3.63, 3.8) is 0 Å². The Morgan fingerprint density at radius 2 is 2.28 bits per heavy atom. The molecular weight excluding hydrogens is 259 g/mol. The summed E-state index contributed by atoms with van der Waals surface area (Å²) >= 11 is 5.78. The second-order valence-corrected chi connectivity index (χ2v) is 4.19. The number of hydrogen-bond donors (Lipinski definition) is 1. The van der Waals surface area contributed by atoms with Crippen molar-refractivity contribution in [2.45, 2.75) is 0 Å². The zero-order valence-electron chi connectivity index (χ0n) is 10.4. The third-order valence-corrected chi connectivity index (χ3v) is 2.66. The normalized spacial score (nSPS) is 10.2. The van der Waals surface area contributed by atoms with E-state index in [2.05, 4.69) is 5.32 Å². The minimum atomic E-state index is -0.440. The molecular formula is C12H16ClFN2O2. The Morgan fingerprint density at radius 1 is 1.56 bits per heavy atom. The first-order valence-electron chi connectivity index (χ1n) is 5.51. The average Bonchev–Trinajstić information content (AvgIpc) is 2.34. The summed E-state index contributed by atoms with van der Waals surface area (Å²) in [5.74, 6) is -0.302. The highest BCUT2D eigenvalue weighted by Crippen LogP contribution is 2.24. The third-order valence-electron chi connectivity index (χ3n) is 2.37. The molecule has 0 aromatic heterocycles. The fraction of sp³-hybridized carbons (Fsp3) is 0.417. The third kappa shape index (κ3) is 4.50. The molecule has 0 saturated carbocycles. The fourth-order valence-corrected chi connectivity index (χ4v) is 1.47. The maximum absolute atomic E-state index is 12.8. The topological polar surface area (TPSA) is 41.6 Å². The number of rotatable bonds is 6. The van der Waals surface area contributed by atoms with Crippen LogP contribution < -0.4 is 10.1 Å². The number of benzene rings is 1. The Labute approximate surface area is 111 Å². The molecule has 0 spiro atoms. The summed E-state index contributed by atoms with van der Waals surface area (Å²) in [5.41, 5.74) is 0. The minimum Gasteiger partial charge on any atom is -0.482 e. The standard InChI is InChI=1S/C12H16ClFN2O2/c1-15-5-6-16(2)12(17)8-18-11-4-3-9(14)7-10(11)13/h3-4,7,15H,5-6,8H2,1-2H3. The van der Waals surface area contributed by atoms with Crippen molar-refractivity contribution < 1.29 is 13.9 Å². The quantitative estimate of drug-likeness (QED) is 0.855. The molecule has 0 aliphatic heterocycles. The van der Waals surface area contributed by atoms with Crippen molar-refractivity contribution in [3.8, 4) is 5.75 Å². The van der Waals surface area contributed by atoms with Crippen molar-refractivity contribution in [2.24, 2.45) is 0 Å². The number of carbonyl (C=O) groups is 1. The Hall–Kier alpha value is -1.33. The lowest BCUT2D eigenvalue weighted by Gasteiger charge is -2.17. The second-order valence-electron chi connectivity index (χ2n) is 3.78. The molecule has 4 nitrogen and oxygen atoms in total. The number of hydrogen-bond acceptors (Lipinski definition) is 3. The molecule has 1 amide bonds. The molecule has 0 heterocycles. The van der Waals surface area contributed by atoms with Crippen LogP contribution in [0.1, 0.15) is 0 Å². The van der Waals surface area contributed by atoms with E-state index in [4.69, 9.17) is 16.3 Å². The lowest BCUT2D eigenvalue weighted by Crippen LogP contribution is -2.35. The van der Waals surface area contributed by atoms with E-state index in [1.54, 1.807) is 11.9 Å². The zero-order valence-corrected chi connectivity index (χ0v) is 11.1. The summed E-state index contributed by atoms with van der Waals surface area (Å²) in [4.78, 5) is 13.2. The predicted octanol–water partition coefficient (Wildman–Crippen LogP) is 1.54. The molecule has 18 heavy (non-hydrogen) atoms. The molecule has 0 aliphatic rings. The Kier molecular flexibility index (Phi) is 5.88. The van der Waals surface area contributed by atoms with Crippen LogP contribution in [0.15, 0.2) is 18.2 Å². The molecule has 1 aromatic carbocycles. The molecule has 0 atom stereocenters. The Morgan fingerprint density at radius 3 is 2.89 bits per heavy atom. The van der Waals surface area contributed by atoms with Gasteiger partial charge < -0.3 is 15.0 Å². The number of ether oxygens (including phenoxy) is 1. The SMILES string of the molecule is CNCCN(C)C(=O)COc1ccc(F)cc1Cl. The van der Waals surface area contributed by atoms with Crippen LogP contribution in [-0.2, 0) is 4.79 Å². The van der Waals surface area contributed by atoms with Gasteiger partial charge in [0.25, 0.3) is 5.91 Å². The van der Waals surface area contributed by atoms with Gasteiger partial charge in [0.15, 0.2) is 6.61 Å². The van der Waals surface area contributed by atoms with E-state index in [9.17, 15) is 9.18 Å². The molecule has 0 saturated heterocycles. The van der Waals surface area contributed by atoms with Crippen LogP contribution in [0.3, 0.4) is 0 Å². The van der Waals surface area contributed by atoms with Crippen LogP contribution in [0.25, 0.3) is 0 Å². The maximum atomic E-state index is 12.8. The molecule has 0 radical (unpaired) electrons. The van der Waals surface area contributed by atoms with Gasteiger partial charge in [-0.2, -0.15) is 0 Å². The zero-order chi connectivity index (χ0) is 13.5. The van der Waals surface area contributed by atoms with Crippen LogP contribution in [0.2, 0.25) is 5.02 Å². The first-order chi connectivity index (χ1) is 8.54. The van der Waals surface area contributed by atoms with E-state index < -0.39 is 5.82 Å². The minimum absolute atomic E-state index is 0.119. The average molecular weight is 275 g/mol. The van der Waals surface area contributed by atoms with Crippen LogP contribution >= 0.6 is 11.6 Å². The Balaban J connectivity index is 2.47. The highest BCUT2D eigenvalue weighted by molar-refractivity contribution is 6.32. The molecule has 0 bridgehead atoms. The van der Waals surface area contributed by atoms with E-state index in [-0.39, 0.29) is 17.5 Å². The van der Waals surface area contributed by atoms with Gasteiger partial charge in [-0.3, -0.25) is 4.79 Å². The lowest BCUT2D eigenvalue weighted by molar-refractivity contribution is -0.131. The van der Waals surface area contributed by atoms with Gasteiger partial charge in [-0.25, -0.2) is 4.39 Å². The molecule has 1 aromatic rings. The van der Waals surface area contributed by atoms with Crippen molar-refractivity contribution in [2.75, 3.05) is 33.8 Å². The second kappa shape index (κ2) is 7.18. The van der Waals surface area contributed by atoms with Gasteiger partial charge in [0.1, 0.15) is 11.6 Å². The smallest absolute Gasteiger partial charge is 0.260 e. The number of carbonyl (C=O) groups excluding carboxylic acids is 1. The van der Waals surface area contributed by atoms with Gasteiger partial charge in [-0.1, -0.05) is 11.6 Å². The van der Waals surface area contributed by atoms with Gasteiger partial charge >= 0.3 is 0 Å². The number of halogens is 2. The van der Waals surface area contributed by atoms with Crippen molar-refractivity contribution >= 4 is 17.5 Å². The van der Waals surface area contributed by atoms with Gasteiger partial charge in [0.2, 0.25) is 0 Å². The summed E-state index contributed by atoms with van der Waals surface area (Å²) in [5, 5.41) is 3.10. The first-order valence-corrected chi connectivity index (χ1v) is 5.89. The highest BCUT2D eigenvalue weighted by atomic mass is 35.5. The number of likely N-dealkylation sites (N-methyl/N-ethyl adjacent to an activating group) is 2. The van der Waals surface area contributed by atoms with Gasteiger partial charge in [0, 0.05) is 20.1 Å². The van der Waals surface area contributed by atoms with Crippen LogP contribution in [-0.4, -0.2) is 44.6 Å². The van der Waals surface area contributed by atoms with Gasteiger partial charge in [-0.05, 0) is 25.2 Å². The number of nitrogens with one attached hydrogen (secondary N) is 1. The van der Waals surface area contributed by atoms with E-state index in [0.717, 1.165) is 6.07 Å². The molecule has 6 heteroatoms. The van der Waals surface area contributed by atoms with Crippen LogP contribution in [0, 0.1) is 5.82 Å². The summed E-state index contributed by atoms with van der Waals surface area (Å²) in [6, 6.07) is 3.78. The van der Waals surface area contributed by atoms with E-state index in [1.807, 2.05) is 7.05 Å². The fourth-order valence-electron chi connectivity index (χ4n) is 1.25. The van der Waals surface area contributed by atoms with E-state index in [1.165, 1.54) is 12.1 Å². The summed E-state index contributed by atoms with van der Waals surface area (Å²) in [6.07, 6.45) is 0. The van der Waals surface area contributed by atoms with Crippen molar-refractivity contribution in [1.82, 2.24) is 10.2 Å². The number of nitrogens with zero attached hydrogens (tertiary/aromatic N) is 1. The number of amides is 1. The molecule has 0 unspecified atom stereocenters. The summed E-state index contributed by atoms with van der Waals surface area (Å²) in [6.45, 7) is 1.18. The molecule has 0 aliphatic carbocycles. The van der Waals surface area contributed by atoms with E-state index >= 15 is 0 Å². The van der Waals surface area contributed by atoms with Gasteiger partial charge in [0.05, 0.1) is 5.02 Å². The lowest BCUT2D eigenvalue weighted by atomic mass is 10.3. The van der Waals surface area contributed by atoms with Crippen molar-refractivity contribution in [3.05, 3.63) is 29.0 Å². The predicted molar refractivity (Wildman–Crippen MR) is 68.5 cm³/mol.